The van der Waals surface area contributed by atoms with Crippen molar-refractivity contribution in [3.63, 3.8) is 0 Å². The fraction of sp³-hybridized carbons (Fsp3) is 0.467. The van der Waals surface area contributed by atoms with Crippen molar-refractivity contribution in [2.75, 3.05) is 13.2 Å². The zero-order valence-electron chi connectivity index (χ0n) is 10.7. The van der Waals surface area contributed by atoms with Gasteiger partial charge in [-0.2, -0.15) is 0 Å². The van der Waals surface area contributed by atoms with Gasteiger partial charge in [-0.3, -0.25) is 0 Å². The van der Waals surface area contributed by atoms with Gasteiger partial charge in [0.15, 0.2) is 0 Å². The third-order valence-corrected chi connectivity index (χ3v) is 2.52. The molecule has 0 bridgehead atoms. The van der Waals surface area contributed by atoms with Crippen LogP contribution in [0.5, 0.6) is 5.75 Å². The predicted molar refractivity (Wildman–Crippen MR) is 73.4 cm³/mol. The summed E-state index contributed by atoms with van der Waals surface area (Å²) in [5.74, 6) is 1.00. The first kappa shape index (κ1) is 13.8. The minimum atomic E-state index is 0.761. The summed E-state index contributed by atoms with van der Waals surface area (Å²) in [6.45, 7) is 8.57. The van der Waals surface area contributed by atoms with Crippen LogP contribution in [0.3, 0.4) is 0 Å². The Morgan fingerprint density at radius 2 is 2.18 bits per heavy atom. The SMILES string of the molecule is C=CCCCOc1ccccc1CNCCC. The lowest BCUT2D eigenvalue weighted by molar-refractivity contribution is 0.308. The second-order valence-electron chi connectivity index (χ2n) is 4.06. The minimum absolute atomic E-state index is 0.761. The number of nitrogens with one attached hydrogen (secondary N) is 1. The quantitative estimate of drug-likeness (QED) is 0.520. The lowest BCUT2D eigenvalue weighted by Gasteiger charge is -2.11. The zero-order chi connectivity index (χ0) is 12.3. The Kier molecular flexibility index (Phi) is 7.15. The molecule has 1 N–H and O–H groups in total. The number of rotatable bonds is 9. The van der Waals surface area contributed by atoms with E-state index >= 15 is 0 Å². The summed E-state index contributed by atoms with van der Waals surface area (Å²) in [6, 6.07) is 8.23. The number of hydrogen-bond acceptors (Lipinski definition) is 2. The molecule has 0 aliphatic carbocycles. The van der Waals surface area contributed by atoms with Crippen LogP contribution in [0.15, 0.2) is 36.9 Å². The molecule has 0 atom stereocenters. The van der Waals surface area contributed by atoms with E-state index in [2.05, 4.69) is 31.0 Å². The van der Waals surface area contributed by atoms with Gasteiger partial charge in [0.25, 0.3) is 0 Å². The highest BCUT2D eigenvalue weighted by molar-refractivity contribution is 5.33. The molecule has 0 radical (unpaired) electrons. The molecule has 0 aromatic heterocycles. The molecular weight excluding hydrogens is 210 g/mol. The summed E-state index contributed by atoms with van der Waals surface area (Å²) >= 11 is 0. The third kappa shape index (κ3) is 5.55. The van der Waals surface area contributed by atoms with E-state index in [0.29, 0.717) is 0 Å². The van der Waals surface area contributed by atoms with E-state index in [1.165, 1.54) is 5.56 Å². The van der Waals surface area contributed by atoms with Crippen molar-refractivity contribution in [2.24, 2.45) is 0 Å². The maximum Gasteiger partial charge on any atom is 0.123 e. The monoisotopic (exact) mass is 233 g/mol. The van der Waals surface area contributed by atoms with E-state index in [0.717, 1.165) is 44.7 Å². The molecule has 0 aliphatic rings. The van der Waals surface area contributed by atoms with Crippen LogP contribution in [-0.4, -0.2) is 13.2 Å². The minimum Gasteiger partial charge on any atom is -0.493 e. The second-order valence-corrected chi connectivity index (χ2v) is 4.06. The van der Waals surface area contributed by atoms with E-state index in [1.807, 2.05) is 18.2 Å². The number of allylic oxidation sites excluding steroid dienone is 1. The van der Waals surface area contributed by atoms with Crippen LogP contribution in [0.25, 0.3) is 0 Å². The molecule has 2 heteroatoms. The summed E-state index contributed by atoms with van der Waals surface area (Å²) in [6.07, 6.45) is 5.12. The van der Waals surface area contributed by atoms with Gasteiger partial charge in [0, 0.05) is 12.1 Å². The van der Waals surface area contributed by atoms with Gasteiger partial charge >= 0.3 is 0 Å². The van der Waals surface area contributed by atoms with Crippen LogP contribution in [0, 0.1) is 0 Å². The van der Waals surface area contributed by atoms with Gasteiger partial charge in [-0.25, -0.2) is 0 Å². The molecule has 0 saturated carbocycles. The Balaban J connectivity index is 2.42. The van der Waals surface area contributed by atoms with Gasteiger partial charge < -0.3 is 10.1 Å². The van der Waals surface area contributed by atoms with Crippen molar-refractivity contribution in [1.82, 2.24) is 5.32 Å². The lowest BCUT2D eigenvalue weighted by Crippen LogP contribution is -2.14. The van der Waals surface area contributed by atoms with Crippen molar-refractivity contribution in [3.8, 4) is 5.75 Å². The standard InChI is InChI=1S/C15H23NO/c1-3-5-8-12-17-15-10-7-6-9-14(15)13-16-11-4-2/h3,6-7,9-10,16H,1,4-5,8,11-13H2,2H3. The normalized spacial score (nSPS) is 10.2. The Morgan fingerprint density at radius 3 is 2.94 bits per heavy atom. The molecular formula is C15H23NO. The summed E-state index contributed by atoms with van der Waals surface area (Å²) in [5, 5.41) is 3.40. The number of ether oxygens (including phenoxy) is 1. The first-order valence-electron chi connectivity index (χ1n) is 6.40. The molecule has 1 rings (SSSR count). The summed E-state index contributed by atoms with van der Waals surface area (Å²) in [4.78, 5) is 0. The molecule has 0 fully saturated rings. The molecule has 0 heterocycles. The van der Waals surface area contributed by atoms with Crippen LogP contribution in [0.4, 0.5) is 0 Å². The number of unbranched alkanes of at least 4 members (excludes halogenated alkanes) is 1. The Labute approximate surface area is 105 Å². The average molecular weight is 233 g/mol. The summed E-state index contributed by atoms with van der Waals surface area (Å²) in [7, 11) is 0. The van der Waals surface area contributed by atoms with E-state index in [4.69, 9.17) is 4.74 Å². The van der Waals surface area contributed by atoms with Crippen molar-refractivity contribution < 1.29 is 4.74 Å². The van der Waals surface area contributed by atoms with Gasteiger partial charge in [-0.05, 0) is 31.9 Å². The van der Waals surface area contributed by atoms with Gasteiger partial charge in [0.05, 0.1) is 6.61 Å². The smallest absolute Gasteiger partial charge is 0.123 e. The van der Waals surface area contributed by atoms with E-state index < -0.39 is 0 Å². The fourth-order valence-corrected chi connectivity index (χ4v) is 1.60. The van der Waals surface area contributed by atoms with Gasteiger partial charge in [0.1, 0.15) is 5.75 Å². The highest BCUT2D eigenvalue weighted by Gasteiger charge is 2.01. The average Bonchev–Trinajstić information content (AvgIpc) is 2.36. The molecule has 2 nitrogen and oxygen atoms in total. The predicted octanol–water partition coefficient (Wildman–Crippen LogP) is 3.53. The summed E-state index contributed by atoms with van der Waals surface area (Å²) in [5.41, 5.74) is 1.24. The van der Waals surface area contributed by atoms with Gasteiger partial charge in [-0.1, -0.05) is 31.2 Å². The number of para-hydroxylation sites is 1. The highest BCUT2D eigenvalue weighted by Crippen LogP contribution is 2.18. The van der Waals surface area contributed by atoms with E-state index in [1.54, 1.807) is 0 Å². The van der Waals surface area contributed by atoms with Crippen LogP contribution in [0.2, 0.25) is 0 Å². The Hall–Kier alpha value is -1.28. The zero-order valence-corrected chi connectivity index (χ0v) is 10.7. The van der Waals surface area contributed by atoms with E-state index in [9.17, 15) is 0 Å². The molecule has 1 aromatic carbocycles. The van der Waals surface area contributed by atoms with Crippen molar-refractivity contribution >= 4 is 0 Å². The molecule has 0 amide bonds. The molecule has 1 aromatic rings. The lowest BCUT2D eigenvalue weighted by atomic mass is 10.2. The molecule has 0 aliphatic heterocycles. The van der Waals surface area contributed by atoms with Gasteiger partial charge in [0.2, 0.25) is 0 Å². The Morgan fingerprint density at radius 1 is 1.35 bits per heavy atom. The number of benzene rings is 1. The first-order chi connectivity index (χ1) is 8.38. The maximum atomic E-state index is 5.78. The topological polar surface area (TPSA) is 21.3 Å². The third-order valence-electron chi connectivity index (χ3n) is 2.52. The van der Waals surface area contributed by atoms with Crippen LogP contribution >= 0.6 is 0 Å². The molecule has 17 heavy (non-hydrogen) atoms. The van der Waals surface area contributed by atoms with Crippen LogP contribution in [0.1, 0.15) is 31.7 Å². The fourth-order valence-electron chi connectivity index (χ4n) is 1.60. The maximum absolute atomic E-state index is 5.78. The van der Waals surface area contributed by atoms with Gasteiger partial charge in [-0.15, -0.1) is 6.58 Å². The largest absolute Gasteiger partial charge is 0.493 e. The molecule has 0 saturated heterocycles. The van der Waals surface area contributed by atoms with Crippen molar-refractivity contribution in [1.29, 1.82) is 0 Å². The summed E-state index contributed by atoms with van der Waals surface area (Å²) < 4.78 is 5.78. The molecule has 94 valence electrons. The molecule has 0 unspecified atom stereocenters. The first-order valence-corrected chi connectivity index (χ1v) is 6.40. The van der Waals surface area contributed by atoms with E-state index in [-0.39, 0.29) is 0 Å². The Bertz CT molecular complexity index is 322. The number of hydrogen-bond donors (Lipinski definition) is 1. The van der Waals surface area contributed by atoms with Crippen molar-refractivity contribution in [3.05, 3.63) is 42.5 Å². The second kappa shape index (κ2) is 8.82. The highest BCUT2D eigenvalue weighted by atomic mass is 16.5. The van der Waals surface area contributed by atoms with Crippen LogP contribution < -0.4 is 10.1 Å². The van der Waals surface area contributed by atoms with Crippen molar-refractivity contribution in [2.45, 2.75) is 32.7 Å². The van der Waals surface area contributed by atoms with Crippen LogP contribution in [-0.2, 0) is 6.54 Å². The molecule has 0 spiro atoms.